The molecule has 4 nitrogen and oxygen atoms in total. The summed E-state index contributed by atoms with van der Waals surface area (Å²) in [4.78, 5) is 8.85. The molecule has 1 aromatic carbocycles. The van der Waals surface area contributed by atoms with Crippen molar-refractivity contribution >= 4 is 22.4 Å². The number of pyridine rings is 2. The SMILES string of the molecule is Cc1cc(C)c(C#N)c(Nc2cccc3cccnc23)n1. The van der Waals surface area contributed by atoms with E-state index in [0.717, 1.165) is 27.8 Å². The first-order chi connectivity index (χ1) is 10.2. The molecule has 0 bridgehead atoms. The van der Waals surface area contributed by atoms with Crippen molar-refractivity contribution < 1.29 is 0 Å². The zero-order chi connectivity index (χ0) is 14.8. The molecule has 4 heteroatoms. The van der Waals surface area contributed by atoms with Crippen LogP contribution in [0.3, 0.4) is 0 Å². The fraction of sp³-hybridized carbons (Fsp3) is 0.118. The molecule has 0 amide bonds. The largest absolute Gasteiger partial charge is 0.337 e. The average molecular weight is 274 g/mol. The van der Waals surface area contributed by atoms with E-state index in [1.165, 1.54) is 0 Å². The second-order valence-corrected chi connectivity index (χ2v) is 4.92. The van der Waals surface area contributed by atoms with Gasteiger partial charge in [0.15, 0.2) is 0 Å². The summed E-state index contributed by atoms with van der Waals surface area (Å²) in [5.41, 5.74) is 4.07. The van der Waals surface area contributed by atoms with Crippen LogP contribution in [-0.2, 0) is 0 Å². The van der Waals surface area contributed by atoms with E-state index in [4.69, 9.17) is 0 Å². The van der Waals surface area contributed by atoms with Gasteiger partial charge in [0.25, 0.3) is 0 Å². The van der Waals surface area contributed by atoms with Crippen LogP contribution in [0.2, 0.25) is 0 Å². The van der Waals surface area contributed by atoms with Crippen molar-refractivity contribution in [3.05, 3.63) is 59.4 Å². The number of nitriles is 1. The standard InChI is InChI=1S/C17H14N4/c1-11-9-12(2)20-17(14(11)10-18)21-15-7-3-5-13-6-4-8-19-16(13)15/h3-9H,1-2H3,(H,20,21). The summed E-state index contributed by atoms with van der Waals surface area (Å²) in [5.74, 6) is 0.577. The number of fused-ring (bicyclic) bond motifs is 1. The molecule has 0 saturated heterocycles. The van der Waals surface area contributed by atoms with Gasteiger partial charge in [-0.15, -0.1) is 0 Å². The number of aryl methyl sites for hydroxylation is 2. The number of hydrogen-bond donors (Lipinski definition) is 1. The Kier molecular flexibility index (Phi) is 3.25. The number of nitrogens with one attached hydrogen (secondary N) is 1. The third-order valence-corrected chi connectivity index (χ3v) is 3.34. The third kappa shape index (κ3) is 2.41. The topological polar surface area (TPSA) is 61.6 Å². The Balaban J connectivity index is 2.14. The van der Waals surface area contributed by atoms with Crippen LogP contribution in [0.5, 0.6) is 0 Å². The van der Waals surface area contributed by atoms with Crippen molar-refractivity contribution in [1.82, 2.24) is 9.97 Å². The molecule has 0 fully saturated rings. The molecule has 3 rings (SSSR count). The number of para-hydroxylation sites is 1. The van der Waals surface area contributed by atoms with Crippen molar-refractivity contribution in [3.8, 4) is 6.07 Å². The van der Waals surface area contributed by atoms with Crippen LogP contribution in [0.15, 0.2) is 42.6 Å². The lowest BCUT2D eigenvalue weighted by Gasteiger charge is -2.11. The van der Waals surface area contributed by atoms with Crippen LogP contribution >= 0.6 is 0 Å². The Morgan fingerprint density at radius 2 is 1.95 bits per heavy atom. The zero-order valence-electron chi connectivity index (χ0n) is 11.9. The molecule has 0 unspecified atom stereocenters. The van der Waals surface area contributed by atoms with E-state index in [0.29, 0.717) is 11.4 Å². The lowest BCUT2D eigenvalue weighted by molar-refractivity contribution is 1.16. The van der Waals surface area contributed by atoms with Crippen molar-refractivity contribution in [2.45, 2.75) is 13.8 Å². The number of aromatic nitrogens is 2. The van der Waals surface area contributed by atoms with Gasteiger partial charge in [-0.25, -0.2) is 4.98 Å². The van der Waals surface area contributed by atoms with Crippen molar-refractivity contribution in [2.24, 2.45) is 0 Å². The van der Waals surface area contributed by atoms with Gasteiger partial charge in [0, 0.05) is 17.3 Å². The molecule has 0 aliphatic rings. The monoisotopic (exact) mass is 274 g/mol. The van der Waals surface area contributed by atoms with E-state index in [1.807, 2.05) is 50.2 Å². The summed E-state index contributed by atoms with van der Waals surface area (Å²) in [6.45, 7) is 3.83. The Morgan fingerprint density at radius 1 is 1.14 bits per heavy atom. The van der Waals surface area contributed by atoms with Gasteiger partial charge in [-0.3, -0.25) is 4.98 Å². The summed E-state index contributed by atoms with van der Waals surface area (Å²) in [6.07, 6.45) is 1.76. The van der Waals surface area contributed by atoms with Crippen LogP contribution in [0, 0.1) is 25.2 Å². The summed E-state index contributed by atoms with van der Waals surface area (Å²) >= 11 is 0. The molecular formula is C17H14N4. The lowest BCUT2D eigenvalue weighted by Crippen LogP contribution is -2.01. The Labute approximate surface area is 123 Å². The number of benzene rings is 1. The second kappa shape index (κ2) is 5.22. The summed E-state index contributed by atoms with van der Waals surface area (Å²) in [6, 6.07) is 13.9. The fourth-order valence-electron chi connectivity index (χ4n) is 2.40. The number of hydrogen-bond acceptors (Lipinski definition) is 4. The lowest BCUT2D eigenvalue weighted by atomic mass is 10.1. The summed E-state index contributed by atoms with van der Waals surface area (Å²) < 4.78 is 0. The highest BCUT2D eigenvalue weighted by Crippen LogP contribution is 2.26. The van der Waals surface area contributed by atoms with E-state index < -0.39 is 0 Å². The quantitative estimate of drug-likeness (QED) is 0.770. The second-order valence-electron chi connectivity index (χ2n) is 4.92. The molecule has 0 saturated carbocycles. The molecule has 1 N–H and O–H groups in total. The maximum absolute atomic E-state index is 9.34. The van der Waals surface area contributed by atoms with Gasteiger partial charge in [0.2, 0.25) is 0 Å². The molecule has 0 aliphatic carbocycles. The number of anilines is 2. The smallest absolute Gasteiger partial charge is 0.148 e. The van der Waals surface area contributed by atoms with Crippen LogP contribution in [0.25, 0.3) is 10.9 Å². The molecule has 0 atom stereocenters. The highest BCUT2D eigenvalue weighted by molar-refractivity contribution is 5.92. The fourth-order valence-corrected chi connectivity index (χ4v) is 2.40. The van der Waals surface area contributed by atoms with Crippen LogP contribution < -0.4 is 5.32 Å². The third-order valence-electron chi connectivity index (χ3n) is 3.34. The molecule has 0 radical (unpaired) electrons. The van der Waals surface area contributed by atoms with Crippen molar-refractivity contribution in [3.63, 3.8) is 0 Å². The molecule has 21 heavy (non-hydrogen) atoms. The molecule has 2 aromatic heterocycles. The van der Waals surface area contributed by atoms with Crippen LogP contribution in [0.1, 0.15) is 16.8 Å². The number of rotatable bonds is 2. The Morgan fingerprint density at radius 3 is 2.76 bits per heavy atom. The van der Waals surface area contributed by atoms with Crippen molar-refractivity contribution in [1.29, 1.82) is 5.26 Å². The minimum absolute atomic E-state index is 0.563. The van der Waals surface area contributed by atoms with E-state index in [1.54, 1.807) is 6.20 Å². The Bertz CT molecular complexity index is 857. The average Bonchev–Trinajstić information content (AvgIpc) is 2.47. The summed E-state index contributed by atoms with van der Waals surface area (Å²) in [5, 5.41) is 13.6. The van der Waals surface area contributed by atoms with Crippen molar-refractivity contribution in [2.75, 3.05) is 5.32 Å². The van der Waals surface area contributed by atoms with E-state index in [2.05, 4.69) is 21.4 Å². The van der Waals surface area contributed by atoms with Gasteiger partial charge < -0.3 is 5.32 Å². The molecule has 2 heterocycles. The van der Waals surface area contributed by atoms with Crippen LogP contribution in [-0.4, -0.2) is 9.97 Å². The first-order valence-electron chi connectivity index (χ1n) is 6.68. The maximum atomic E-state index is 9.34. The predicted molar refractivity (Wildman–Crippen MR) is 83.5 cm³/mol. The first kappa shape index (κ1) is 13.1. The molecule has 102 valence electrons. The van der Waals surface area contributed by atoms with Gasteiger partial charge in [-0.05, 0) is 37.6 Å². The molecular weight excluding hydrogens is 260 g/mol. The van der Waals surface area contributed by atoms with Gasteiger partial charge in [0.05, 0.1) is 16.8 Å². The first-order valence-corrected chi connectivity index (χ1v) is 6.68. The van der Waals surface area contributed by atoms with Gasteiger partial charge in [0.1, 0.15) is 11.9 Å². The van der Waals surface area contributed by atoms with Gasteiger partial charge in [-0.1, -0.05) is 18.2 Å². The molecule has 0 aliphatic heterocycles. The minimum atomic E-state index is 0.563. The highest BCUT2D eigenvalue weighted by Gasteiger charge is 2.10. The normalized spacial score (nSPS) is 10.3. The summed E-state index contributed by atoms with van der Waals surface area (Å²) in [7, 11) is 0. The minimum Gasteiger partial charge on any atom is -0.337 e. The van der Waals surface area contributed by atoms with E-state index in [9.17, 15) is 5.26 Å². The van der Waals surface area contributed by atoms with Crippen LogP contribution in [0.4, 0.5) is 11.5 Å². The maximum Gasteiger partial charge on any atom is 0.148 e. The predicted octanol–water partition coefficient (Wildman–Crippen LogP) is 3.86. The molecule has 0 spiro atoms. The van der Waals surface area contributed by atoms with E-state index in [-0.39, 0.29) is 0 Å². The van der Waals surface area contributed by atoms with E-state index >= 15 is 0 Å². The molecule has 3 aromatic rings. The number of nitrogens with zero attached hydrogens (tertiary/aromatic N) is 3. The zero-order valence-corrected chi connectivity index (χ0v) is 11.9. The van der Waals surface area contributed by atoms with Gasteiger partial charge in [-0.2, -0.15) is 5.26 Å². The van der Waals surface area contributed by atoms with Gasteiger partial charge >= 0.3 is 0 Å². The Hall–Kier alpha value is -2.93. The highest BCUT2D eigenvalue weighted by atomic mass is 15.0.